The van der Waals surface area contributed by atoms with Crippen LogP contribution in [0.5, 0.6) is 0 Å². The van der Waals surface area contributed by atoms with E-state index in [-0.39, 0.29) is 5.82 Å². The highest BCUT2D eigenvalue weighted by atomic mass is 79.9. The second-order valence-electron chi connectivity index (χ2n) is 4.05. The first kappa shape index (κ1) is 13.7. The quantitative estimate of drug-likeness (QED) is 0.769. The molecule has 0 amide bonds. The number of benzene rings is 2. The van der Waals surface area contributed by atoms with Crippen LogP contribution in [0.2, 0.25) is 0 Å². The molecule has 0 aliphatic rings. The molecule has 0 radical (unpaired) electrons. The summed E-state index contributed by atoms with van der Waals surface area (Å²) in [6.45, 7) is 2.70. The number of hydrogen-bond donors (Lipinski definition) is 0. The average Bonchev–Trinajstić information content (AvgIpc) is 2.40. The van der Waals surface area contributed by atoms with Crippen LogP contribution in [0.4, 0.5) is 15.8 Å². The van der Waals surface area contributed by atoms with Crippen LogP contribution in [0.25, 0.3) is 0 Å². The number of carbonyl (C=O) groups is 1. The summed E-state index contributed by atoms with van der Waals surface area (Å²) < 4.78 is 14.0. The van der Waals surface area contributed by atoms with Gasteiger partial charge in [-0.1, -0.05) is 6.07 Å². The van der Waals surface area contributed by atoms with Crippen LogP contribution in [0, 0.1) is 5.82 Å². The van der Waals surface area contributed by atoms with Crippen LogP contribution >= 0.6 is 15.9 Å². The van der Waals surface area contributed by atoms with Crippen molar-refractivity contribution < 1.29 is 9.18 Å². The molecule has 0 N–H and O–H groups in total. The van der Waals surface area contributed by atoms with Crippen LogP contribution < -0.4 is 4.90 Å². The minimum atomic E-state index is -0.264. The maximum Gasteiger partial charge on any atom is 0.151 e. The molecule has 19 heavy (non-hydrogen) atoms. The third-order valence-electron chi connectivity index (χ3n) is 2.86. The molecule has 0 heterocycles. The predicted molar refractivity (Wildman–Crippen MR) is 78.6 cm³/mol. The third kappa shape index (κ3) is 3.01. The second kappa shape index (κ2) is 5.97. The Morgan fingerprint density at radius 1 is 1.21 bits per heavy atom. The Hall–Kier alpha value is -1.68. The van der Waals surface area contributed by atoms with Crippen LogP contribution in [-0.4, -0.2) is 12.8 Å². The maximum absolute atomic E-state index is 13.3. The summed E-state index contributed by atoms with van der Waals surface area (Å²) in [5.74, 6) is -0.264. The van der Waals surface area contributed by atoms with Gasteiger partial charge in [0, 0.05) is 28.0 Å². The molecule has 0 bridgehead atoms. The van der Waals surface area contributed by atoms with Crippen molar-refractivity contribution >= 4 is 33.6 Å². The number of anilines is 2. The van der Waals surface area contributed by atoms with Gasteiger partial charge in [0.05, 0.1) is 0 Å². The molecule has 0 aliphatic heterocycles. The van der Waals surface area contributed by atoms with Crippen molar-refractivity contribution in [1.29, 1.82) is 0 Å². The fraction of sp³-hybridized carbons (Fsp3) is 0.133. The van der Waals surface area contributed by atoms with Gasteiger partial charge < -0.3 is 4.90 Å². The van der Waals surface area contributed by atoms with Crippen LogP contribution in [-0.2, 0) is 0 Å². The fourth-order valence-corrected chi connectivity index (χ4v) is 2.40. The van der Waals surface area contributed by atoms with E-state index in [0.717, 1.165) is 22.1 Å². The molecule has 0 aromatic heterocycles. The van der Waals surface area contributed by atoms with Gasteiger partial charge in [0.25, 0.3) is 0 Å². The van der Waals surface area contributed by atoms with Crippen molar-refractivity contribution in [3.63, 3.8) is 0 Å². The smallest absolute Gasteiger partial charge is 0.151 e. The van der Waals surface area contributed by atoms with Gasteiger partial charge in [-0.15, -0.1) is 0 Å². The van der Waals surface area contributed by atoms with Crippen molar-refractivity contribution in [1.82, 2.24) is 0 Å². The molecule has 0 aliphatic carbocycles. The Bertz CT molecular complexity index is 600. The molecule has 0 fully saturated rings. The summed E-state index contributed by atoms with van der Waals surface area (Å²) >= 11 is 3.36. The summed E-state index contributed by atoms with van der Waals surface area (Å²) in [6, 6.07) is 11.9. The highest BCUT2D eigenvalue weighted by molar-refractivity contribution is 9.10. The van der Waals surface area contributed by atoms with Gasteiger partial charge in [-0.2, -0.15) is 0 Å². The zero-order valence-electron chi connectivity index (χ0n) is 10.4. The Morgan fingerprint density at radius 2 is 1.95 bits per heavy atom. The first-order chi connectivity index (χ1) is 9.15. The molecule has 2 aromatic rings. The lowest BCUT2D eigenvalue weighted by molar-refractivity contribution is 0.112. The minimum Gasteiger partial charge on any atom is -0.342 e. The molecule has 4 heteroatoms. The molecular formula is C15H13BrFNO. The molecule has 0 spiro atoms. The number of aldehydes is 1. The van der Waals surface area contributed by atoms with E-state index in [1.54, 1.807) is 12.1 Å². The Kier molecular flexibility index (Phi) is 4.32. The van der Waals surface area contributed by atoms with Gasteiger partial charge >= 0.3 is 0 Å². The van der Waals surface area contributed by atoms with E-state index in [4.69, 9.17) is 0 Å². The van der Waals surface area contributed by atoms with E-state index in [2.05, 4.69) is 15.9 Å². The van der Waals surface area contributed by atoms with Gasteiger partial charge in [-0.25, -0.2) is 4.39 Å². The summed E-state index contributed by atoms with van der Waals surface area (Å²) in [6.07, 6.45) is 0.798. The van der Waals surface area contributed by atoms with Gasteiger partial charge in [0.2, 0.25) is 0 Å². The lowest BCUT2D eigenvalue weighted by Gasteiger charge is -2.23. The average molecular weight is 322 g/mol. The summed E-state index contributed by atoms with van der Waals surface area (Å²) in [7, 11) is 0. The lowest BCUT2D eigenvalue weighted by atomic mass is 10.2. The van der Waals surface area contributed by atoms with Crippen molar-refractivity contribution in [3.05, 3.63) is 58.3 Å². The first-order valence-corrected chi connectivity index (χ1v) is 6.73. The number of halogens is 2. The van der Waals surface area contributed by atoms with Gasteiger partial charge in [0.15, 0.2) is 6.29 Å². The third-order valence-corrected chi connectivity index (χ3v) is 3.55. The molecule has 98 valence electrons. The normalized spacial score (nSPS) is 10.3. The fourth-order valence-electron chi connectivity index (χ4n) is 1.94. The highest BCUT2D eigenvalue weighted by Gasteiger charge is 2.09. The van der Waals surface area contributed by atoms with Crippen molar-refractivity contribution in [2.24, 2.45) is 0 Å². The Balaban J connectivity index is 2.42. The molecule has 0 saturated carbocycles. The molecule has 2 rings (SSSR count). The Morgan fingerprint density at radius 3 is 2.53 bits per heavy atom. The zero-order chi connectivity index (χ0) is 13.8. The van der Waals surface area contributed by atoms with Crippen molar-refractivity contribution in [3.8, 4) is 0 Å². The van der Waals surface area contributed by atoms with E-state index >= 15 is 0 Å². The number of carbonyl (C=O) groups excluding carboxylic acids is 1. The monoisotopic (exact) mass is 321 g/mol. The number of rotatable bonds is 4. The second-order valence-corrected chi connectivity index (χ2v) is 4.90. The van der Waals surface area contributed by atoms with Gasteiger partial charge in [-0.3, -0.25) is 4.79 Å². The first-order valence-electron chi connectivity index (χ1n) is 5.93. The standard InChI is InChI=1S/C15H13BrFNO/c1-2-18(13-5-3-4-12(17)8-13)14-7-6-11(10-19)15(16)9-14/h3-10H,2H2,1H3. The van der Waals surface area contributed by atoms with E-state index in [0.29, 0.717) is 12.1 Å². The van der Waals surface area contributed by atoms with Gasteiger partial charge in [0.1, 0.15) is 5.82 Å². The molecule has 0 unspecified atom stereocenters. The zero-order valence-corrected chi connectivity index (χ0v) is 12.0. The minimum absolute atomic E-state index is 0.264. The predicted octanol–water partition coefficient (Wildman–Crippen LogP) is 4.56. The van der Waals surface area contributed by atoms with Gasteiger partial charge in [-0.05, 0) is 59.3 Å². The van der Waals surface area contributed by atoms with E-state index < -0.39 is 0 Å². The van der Waals surface area contributed by atoms with Crippen LogP contribution in [0.1, 0.15) is 17.3 Å². The molecule has 0 atom stereocenters. The Labute approximate surface area is 120 Å². The van der Waals surface area contributed by atoms with E-state index in [9.17, 15) is 9.18 Å². The number of nitrogens with zero attached hydrogens (tertiary/aromatic N) is 1. The molecule has 2 aromatic carbocycles. The molecular weight excluding hydrogens is 309 g/mol. The van der Waals surface area contributed by atoms with Crippen LogP contribution in [0.3, 0.4) is 0 Å². The highest BCUT2D eigenvalue weighted by Crippen LogP contribution is 2.29. The maximum atomic E-state index is 13.3. The van der Waals surface area contributed by atoms with Crippen molar-refractivity contribution in [2.45, 2.75) is 6.92 Å². The lowest BCUT2D eigenvalue weighted by Crippen LogP contribution is -2.16. The van der Waals surface area contributed by atoms with Crippen LogP contribution in [0.15, 0.2) is 46.9 Å². The summed E-state index contributed by atoms with van der Waals surface area (Å²) in [5.41, 5.74) is 2.29. The number of hydrogen-bond acceptors (Lipinski definition) is 2. The molecule has 0 saturated heterocycles. The van der Waals surface area contributed by atoms with Crippen molar-refractivity contribution in [2.75, 3.05) is 11.4 Å². The topological polar surface area (TPSA) is 20.3 Å². The summed E-state index contributed by atoms with van der Waals surface area (Å²) in [4.78, 5) is 12.8. The largest absolute Gasteiger partial charge is 0.342 e. The molecule has 2 nitrogen and oxygen atoms in total. The SMILES string of the molecule is CCN(c1cccc(F)c1)c1ccc(C=O)c(Br)c1. The van der Waals surface area contributed by atoms with E-state index in [1.165, 1.54) is 12.1 Å². The summed E-state index contributed by atoms with van der Waals surface area (Å²) in [5, 5.41) is 0. The van der Waals surface area contributed by atoms with E-state index in [1.807, 2.05) is 30.0 Å².